The Hall–Kier alpha value is -0.130. The summed E-state index contributed by atoms with van der Waals surface area (Å²) in [6.45, 7) is 2.21. The van der Waals surface area contributed by atoms with Crippen LogP contribution in [0.2, 0.25) is 0 Å². The second-order valence-corrected chi connectivity index (χ2v) is 7.04. The summed E-state index contributed by atoms with van der Waals surface area (Å²) in [5.41, 5.74) is 0.992. The van der Waals surface area contributed by atoms with Crippen LogP contribution in [-0.4, -0.2) is 43.0 Å². The van der Waals surface area contributed by atoms with Gasteiger partial charge in [-0.3, -0.25) is 4.68 Å². The maximum atomic E-state index is 10.4. The van der Waals surface area contributed by atoms with Gasteiger partial charge >= 0.3 is 0 Å². The predicted octanol–water partition coefficient (Wildman–Crippen LogP) is 1.95. The van der Waals surface area contributed by atoms with E-state index in [-0.39, 0.29) is 6.10 Å². The van der Waals surface area contributed by atoms with Crippen molar-refractivity contribution in [3.63, 3.8) is 0 Å². The molecule has 5 heteroatoms. The summed E-state index contributed by atoms with van der Waals surface area (Å²) >= 11 is 3.93. The monoisotopic (exact) mass is 272 g/mol. The standard InChI is InChI=1S/C12H20N2OS2/c1-3-11-12(17-7-6-16-11)10(15)8-9-4-5-14(2)13-9/h4-5,10-12,15H,3,6-8H2,1-2H3. The van der Waals surface area contributed by atoms with Gasteiger partial charge in [0.1, 0.15) is 0 Å². The molecule has 1 N–H and O–H groups in total. The van der Waals surface area contributed by atoms with Crippen LogP contribution in [0.3, 0.4) is 0 Å². The first kappa shape index (κ1) is 13.3. The van der Waals surface area contributed by atoms with Gasteiger partial charge < -0.3 is 5.11 Å². The highest BCUT2D eigenvalue weighted by atomic mass is 32.2. The van der Waals surface area contributed by atoms with Crippen molar-refractivity contribution in [2.45, 2.75) is 36.4 Å². The molecule has 1 aromatic rings. The van der Waals surface area contributed by atoms with Crippen LogP contribution in [0.25, 0.3) is 0 Å². The predicted molar refractivity (Wildman–Crippen MR) is 75.7 cm³/mol. The second kappa shape index (κ2) is 6.16. The summed E-state index contributed by atoms with van der Waals surface area (Å²) in [5, 5.41) is 15.6. The molecule has 1 saturated heterocycles. The number of rotatable bonds is 4. The van der Waals surface area contributed by atoms with Gasteiger partial charge in [0, 0.05) is 41.7 Å². The molecule has 0 radical (unpaired) electrons. The average molecular weight is 272 g/mol. The van der Waals surface area contributed by atoms with E-state index in [9.17, 15) is 5.11 Å². The van der Waals surface area contributed by atoms with Crippen LogP contribution in [0.15, 0.2) is 12.3 Å². The SMILES string of the molecule is CCC1SCCSC1C(O)Cc1ccn(C)n1. The molecule has 2 rings (SSSR count). The second-order valence-electron chi connectivity index (χ2n) is 4.41. The third-order valence-corrected chi connectivity index (χ3v) is 6.45. The minimum atomic E-state index is -0.271. The van der Waals surface area contributed by atoms with Gasteiger partial charge in [0.2, 0.25) is 0 Å². The molecule has 0 amide bonds. The molecule has 17 heavy (non-hydrogen) atoms. The Bertz CT molecular complexity index is 356. The summed E-state index contributed by atoms with van der Waals surface area (Å²) in [6.07, 6.45) is 3.48. The molecular weight excluding hydrogens is 252 g/mol. The zero-order valence-corrected chi connectivity index (χ0v) is 12.0. The van der Waals surface area contributed by atoms with Gasteiger partial charge in [-0.1, -0.05) is 6.92 Å². The van der Waals surface area contributed by atoms with Crippen molar-refractivity contribution in [2.24, 2.45) is 7.05 Å². The van der Waals surface area contributed by atoms with E-state index in [4.69, 9.17) is 0 Å². The van der Waals surface area contributed by atoms with Crippen molar-refractivity contribution in [1.29, 1.82) is 0 Å². The zero-order valence-electron chi connectivity index (χ0n) is 10.4. The molecule has 1 aliphatic rings. The van der Waals surface area contributed by atoms with Crippen LogP contribution in [0, 0.1) is 0 Å². The molecule has 0 bridgehead atoms. The normalized spacial score (nSPS) is 27.0. The number of hydrogen-bond acceptors (Lipinski definition) is 4. The lowest BCUT2D eigenvalue weighted by atomic mass is 10.1. The molecule has 0 aromatic carbocycles. The van der Waals surface area contributed by atoms with Crippen LogP contribution < -0.4 is 0 Å². The van der Waals surface area contributed by atoms with Gasteiger partial charge in [-0.15, -0.1) is 0 Å². The largest absolute Gasteiger partial charge is 0.392 e. The van der Waals surface area contributed by atoms with Gasteiger partial charge in [0.05, 0.1) is 11.8 Å². The van der Waals surface area contributed by atoms with Crippen molar-refractivity contribution in [2.75, 3.05) is 11.5 Å². The zero-order chi connectivity index (χ0) is 12.3. The van der Waals surface area contributed by atoms with Gasteiger partial charge in [-0.05, 0) is 12.5 Å². The average Bonchev–Trinajstić information content (AvgIpc) is 2.74. The fraction of sp³-hybridized carbons (Fsp3) is 0.750. The third-order valence-electron chi connectivity index (χ3n) is 3.06. The van der Waals surface area contributed by atoms with Crippen LogP contribution in [0.4, 0.5) is 0 Å². The fourth-order valence-corrected chi connectivity index (χ4v) is 5.35. The minimum Gasteiger partial charge on any atom is -0.392 e. The van der Waals surface area contributed by atoms with E-state index in [2.05, 4.69) is 12.0 Å². The number of aliphatic hydroxyl groups is 1. The molecule has 0 saturated carbocycles. The summed E-state index contributed by atoms with van der Waals surface area (Å²) < 4.78 is 1.79. The Morgan fingerprint density at radius 2 is 2.29 bits per heavy atom. The minimum absolute atomic E-state index is 0.271. The van der Waals surface area contributed by atoms with Gasteiger partial charge in [0.15, 0.2) is 0 Å². The quantitative estimate of drug-likeness (QED) is 0.909. The Labute approximate surface area is 111 Å². The topological polar surface area (TPSA) is 38.0 Å². The first-order chi connectivity index (χ1) is 8.20. The van der Waals surface area contributed by atoms with Crippen molar-refractivity contribution in [3.8, 4) is 0 Å². The van der Waals surface area contributed by atoms with Crippen molar-refractivity contribution in [3.05, 3.63) is 18.0 Å². The van der Waals surface area contributed by atoms with Gasteiger partial charge in [-0.25, -0.2) is 0 Å². The maximum Gasteiger partial charge on any atom is 0.0725 e. The van der Waals surface area contributed by atoms with Crippen LogP contribution in [-0.2, 0) is 13.5 Å². The summed E-state index contributed by atoms with van der Waals surface area (Å²) in [4.78, 5) is 0. The molecule has 1 fully saturated rings. The Morgan fingerprint density at radius 3 is 2.94 bits per heavy atom. The Balaban J connectivity index is 1.95. The van der Waals surface area contributed by atoms with Crippen LogP contribution in [0.5, 0.6) is 0 Å². The highest BCUT2D eigenvalue weighted by Crippen LogP contribution is 2.35. The maximum absolute atomic E-state index is 10.4. The van der Waals surface area contributed by atoms with Crippen LogP contribution >= 0.6 is 23.5 Å². The molecule has 0 aliphatic carbocycles. The molecule has 3 atom stereocenters. The number of aromatic nitrogens is 2. The van der Waals surface area contributed by atoms with E-state index in [0.29, 0.717) is 16.9 Å². The first-order valence-corrected chi connectivity index (χ1v) is 8.20. The molecule has 3 unspecified atom stereocenters. The number of hydrogen-bond donors (Lipinski definition) is 1. The van der Waals surface area contributed by atoms with Crippen molar-refractivity contribution >= 4 is 23.5 Å². The number of aliphatic hydroxyl groups excluding tert-OH is 1. The summed E-state index contributed by atoms with van der Waals surface area (Å²) in [5.74, 6) is 2.38. The van der Waals surface area contributed by atoms with Crippen molar-refractivity contribution in [1.82, 2.24) is 9.78 Å². The molecule has 1 aromatic heterocycles. The molecule has 96 valence electrons. The van der Waals surface area contributed by atoms with E-state index in [1.165, 1.54) is 5.75 Å². The molecule has 2 heterocycles. The van der Waals surface area contributed by atoms with Crippen molar-refractivity contribution < 1.29 is 5.11 Å². The third kappa shape index (κ3) is 3.42. The molecular formula is C12H20N2OS2. The number of thioether (sulfide) groups is 2. The van der Waals surface area contributed by atoms with E-state index in [1.807, 2.05) is 42.8 Å². The molecule has 0 spiro atoms. The Morgan fingerprint density at radius 1 is 1.53 bits per heavy atom. The summed E-state index contributed by atoms with van der Waals surface area (Å²) in [7, 11) is 1.91. The number of nitrogens with zero attached hydrogens (tertiary/aromatic N) is 2. The highest BCUT2D eigenvalue weighted by molar-refractivity contribution is 8.07. The smallest absolute Gasteiger partial charge is 0.0725 e. The van der Waals surface area contributed by atoms with E-state index in [1.54, 1.807) is 4.68 Å². The highest BCUT2D eigenvalue weighted by Gasteiger charge is 2.31. The molecule has 3 nitrogen and oxygen atoms in total. The fourth-order valence-electron chi connectivity index (χ4n) is 2.20. The van der Waals surface area contributed by atoms with Gasteiger partial charge in [0.25, 0.3) is 0 Å². The lowest BCUT2D eigenvalue weighted by Crippen LogP contribution is -2.37. The lowest BCUT2D eigenvalue weighted by molar-refractivity contribution is 0.168. The number of aryl methyl sites for hydroxylation is 1. The van der Waals surface area contributed by atoms with E-state index < -0.39 is 0 Å². The van der Waals surface area contributed by atoms with Gasteiger partial charge in [-0.2, -0.15) is 28.6 Å². The first-order valence-electron chi connectivity index (χ1n) is 6.10. The lowest BCUT2D eigenvalue weighted by Gasteiger charge is -2.33. The summed E-state index contributed by atoms with van der Waals surface area (Å²) in [6, 6.07) is 1.99. The molecule has 1 aliphatic heterocycles. The van der Waals surface area contributed by atoms with Crippen LogP contribution in [0.1, 0.15) is 19.0 Å². The van der Waals surface area contributed by atoms with E-state index in [0.717, 1.165) is 17.9 Å². The van der Waals surface area contributed by atoms with E-state index >= 15 is 0 Å². The Kier molecular flexibility index (Phi) is 4.82.